The maximum atomic E-state index is 13.8. The Kier molecular flexibility index (Phi) is 10.8. The molecule has 4 aromatic carbocycles. The Morgan fingerprint density at radius 1 is 0.878 bits per heavy atom. The third-order valence-corrected chi connectivity index (χ3v) is 11.5. The third-order valence-electron chi connectivity index (χ3n) is 8.87. The van der Waals surface area contributed by atoms with E-state index < -0.39 is 30.4 Å². The lowest BCUT2D eigenvalue weighted by molar-refractivity contribution is -0.148. The number of aromatic nitrogens is 2. The van der Waals surface area contributed by atoms with Gasteiger partial charge in [-0.15, -0.1) is 0 Å². The van der Waals surface area contributed by atoms with Gasteiger partial charge in [-0.2, -0.15) is 4.98 Å². The first-order valence-corrected chi connectivity index (χ1v) is 18.7. The average Bonchev–Trinajstić information content (AvgIpc) is 3.13. The van der Waals surface area contributed by atoms with Gasteiger partial charge < -0.3 is 9.26 Å². The van der Waals surface area contributed by atoms with Crippen LogP contribution in [0.4, 0.5) is 0 Å². The summed E-state index contributed by atoms with van der Waals surface area (Å²) in [5.41, 5.74) is 4.39. The Morgan fingerprint density at radius 3 is 1.88 bits per heavy atom. The highest BCUT2D eigenvalue weighted by Gasteiger charge is 2.47. The molecule has 49 heavy (non-hydrogen) atoms. The summed E-state index contributed by atoms with van der Waals surface area (Å²) in [6, 6.07) is 42.6. The number of allylic oxidation sites excluding steroid dienone is 1. The van der Waals surface area contributed by atoms with E-state index in [1.165, 1.54) is 9.24 Å². The molecule has 1 fully saturated rings. The molecule has 10 heteroatoms. The van der Waals surface area contributed by atoms with Crippen LogP contribution < -0.4 is 5.69 Å². The Hall–Kier alpha value is -4.14. The fraction of sp³-hybridized carbons (Fsp3) is 0.231. The number of benzene rings is 4. The normalized spacial score (nSPS) is 18.2. The van der Waals surface area contributed by atoms with E-state index in [-0.39, 0.29) is 6.61 Å². The van der Waals surface area contributed by atoms with E-state index >= 15 is 0 Å². The number of nitrogens with zero attached hydrogens (tertiary/aromatic N) is 4. The van der Waals surface area contributed by atoms with Crippen LogP contribution in [0, 0.1) is 0 Å². The monoisotopic (exact) mass is 694 g/mol. The van der Waals surface area contributed by atoms with E-state index in [0.29, 0.717) is 25.2 Å². The highest BCUT2D eigenvalue weighted by atomic mass is 35.7. The van der Waals surface area contributed by atoms with E-state index in [0.717, 1.165) is 27.8 Å². The lowest BCUT2D eigenvalue weighted by Gasteiger charge is -2.50. The van der Waals surface area contributed by atoms with Crippen molar-refractivity contribution in [3.8, 4) is 0 Å². The summed E-state index contributed by atoms with van der Waals surface area (Å²) in [6.07, 6.45) is 0.809. The van der Waals surface area contributed by atoms with Crippen molar-refractivity contribution < 1.29 is 13.8 Å². The second-order valence-corrected chi connectivity index (χ2v) is 15.5. The van der Waals surface area contributed by atoms with Gasteiger partial charge in [-0.05, 0) is 59.2 Å². The molecule has 5 aromatic rings. The second-order valence-electron chi connectivity index (χ2n) is 12.3. The van der Waals surface area contributed by atoms with Gasteiger partial charge in [0, 0.05) is 25.7 Å². The van der Waals surface area contributed by atoms with Crippen molar-refractivity contribution in [1.82, 2.24) is 19.1 Å². The summed E-state index contributed by atoms with van der Waals surface area (Å²) in [5.74, 6) is 0. The molecule has 8 nitrogen and oxygen atoms in total. The second kappa shape index (κ2) is 15.2. The predicted octanol–water partition coefficient (Wildman–Crippen LogP) is 7.62. The molecule has 3 atom stereocenters. The van der Waals surface area contributed by atoms with Gasteiger partial charge in [0.15, 0.2) is 6.23 Å². The van der Waals surface area contributed by atoms with Crippen molar-refractivity contribution in [3.05, 3.63) is 179 Å². The minimum atomic E-state index is -3.59. The van der Waals surface area contributed by atoms with Crippen LogP contribution in [-0.2, 0) is 25.8 Å². The SMILES string of the molecule is C=C(Cc1ccn([C@H]2CN(C(c3ccccc3)(c3ccccc3)c3ccccc3)C[C@@H](COP(=O)(Cl)N(C)C)O2)c(=O)n1)c1ccccc1. The van der Waals surface area contributed by atoms with Crippen LogP contribution in [0.1, 0.15) is 34.2 Å². The van der Waals surface area contributed by atoms with Crippen molar-refractivity contribution in [2.45, 2.75) is 24.3 Å². The Morgan fingerprint density at radius 2 is 1.39 bits per heavy atom. The van der Waals surface area contributed by atoms with E-state index in [1.54, 1.807) is 20.3 Å². The summed E-state index contributed by atoms with van der Waals surface area (Å²) in [4.78, 5) is 20.5. The molecule has 1 unspecified atom stereocenters. The molecule has 1 aromatic heterocycles. The molecular formula is C39H40ClN4O4P. The van der Waals surface area contributed by atoms with Crippen LogP contribution in [0.3, 0.4) is 0 Å². The van der Waals surface area contributed by atoms with Crippen LogP contribution in [0.2, 0.25) is 0 Å². The maximum Gasteiger partial charge on any atom is 0.362 e. The first kappa shape index (κ1) is 34.7. The van der Waals surface area contributed by atoms with Gasteiger partial charge in [0.25, 0.3) is 0 Å². The quantitative estimate of drug-likeness (QED) is 0.0983. The number of hydrogen-bond acceptors (Lipinski definition) is 6. The van der Waals surface area contributed by atoms with Crippen LogP contribution in [0.5, 0.6) is 0 Å². The molecular weight excluding hydrogens is 655 g/mol. The van der Waals surface area contributed by atoms with Gasteiger partial charge in [-0.1, -0.05) is 128 Å². The molecule has 1 saturated heterocycles. The molecule has 1 aliphatic rings. The fourth-order valence-electron chi connectivity index (χ4n) is 6.47. The van der Waals surface area contributed by atoms with Gasteiger partial charge in [-0.3, -0.25) is 14.0 Å². The average molecular weight is 695 g/mol. The minimum absolute atomic E-state index is 0.0580. The molecule has 0 saturated carbocycles. The van der Waals surface area contributed by atoms with E-state index in [4.69, 9.17) is 20.5 Å². The zero-order valence-electron chi connectivity index (χ0n) is 27.6. The van der Waals surface area contributed by atoms with Gasteiger partial charge in [0.1, 0.15) is 0 Å². The standard InChI is InChI=1S/C39H40ClN4O4P/c1-30(31-16-8-4-9-17-31)26-35-24-25-44(38(45)41-35)37-28-43(27-36(48-37)29-47-49(40,46)42(2)3)39(32-18-10-5-11-19-32,33-20-12-6-13-21-33)34-22-14-7-15-23-34/h4-25,36-37H,1,26-29H2,2-3H3/t36-,37+,49?/m0/s1. The molecule has 0 N–H and O–H groups in total. The lowest BCUT2D eigenvalue weighted by Crippen LogP contribution is -2.58. The highest BCUT2D eigenvalue weighted by Crippen LogP contribution is 2.54. The van der Waals surface area contributed by atoms with Crippen molar-refractivity contribution in [1.29, 1.82) is 0 Å². The topological polar surface area (TPSA) is 76.9 Å². The first-order valence-electron chi connectivity index (χ1n) is 16.2. The lowest BCUT2D eigenvalue weighted by atomic mass is 9.75. The first-order chi connectivity index (χ1) is 23.7. The zero-order valence-corrected chi connectivity index (χ0v) is 29.3. The van der Waals surface area contributed by atoms with Crippen molar-refractivity contribution in [2.75, 3.05) is 33.8 Å². The Balaban J connectivity index is 1.43. The largest absolute Gasteiger partial charge is 0.362 e. The molecule has 2 heterocycles. The van der Waals surface area contributed by atoms with Gasteiger partial charge >= 0.3 is 12.6 Å². The number of ether oxygens (including phenoxy) is 1. The number of morpholine rings is 1. The summed E-state index contributed by atoms with van der Waals surface area (Å²) in [7, 11) is 3.21. The molecule has 1 aliphatic heterocycles. The van der Waals surface area contributed by atoms with Crippen LogP contribution >= 0.6 is 18.1 Å². The van der Waals surface area contributed by atoms with Crippen molar-refractivity contribution in [3.63, 3.8) is 0 Å². The van der Waals surface area contributed by atoms with E-state index in [9.17, 15) is 9.36 Å². The Labute approximate surface area is 292 Å². The number of rotatable bonds is 12. The molecule has 6 rings (SSSR count). The predicted molar refractivity (Wildman–Crippen MR) is 195 cm³/mol. The maximum absolute atomic E-state index is 13.8. The minimum Gasteiger partial charge on any atom is -0.350 e. The van der Waals surface area contributed by atoms with Crippen LogP contribution in [0.25, 0.3) is 5.57 Å². The van der Waals surface area contributed by atoms with Crippen LogP contribution in [0.15, 0.2) is 145 Å². The summed E-state index contributed by atoms with van der Waals surface area (Å²) >= 11 is 6.30. The van der Waals surface area contributed by atoms with Crippen LogP contribution in [-0.4, -0.2) is 59.0 Å². The van der Waals surface area contributed by atoms with Gasteiger partial charge in [0.2, 0.25) is 0 Å². The third kappa shape index (κ3) is 7.55. The van der Waals surface area contributed by atoms with Gasteiger partial charge in [0.05, 0.1) is 23.9 Å². The fourth-order valence-corrected chi connectivity index (χ4v) is 7.22. The highest BCUT2D eigenvalue weighted by molar-refractivity contribution is 7.83. The van der Waals surface area contributed by atoms with E-state index in [2.05, 4.69) is 52.9 Å². The Bertz CT molecular complexity index is 1860. The number of halogens is 1. The number of hydrogen-bond donors (Lipinski definition) is 0. The molecule has 0 bridgehead atoms. The molecule has 0 spiro atoms. The van der Waals surface area contributed by atoms with Gasteiger partial charge in [-0.25, -0.2) is 9.46 Å². The molecule has 0 radical (unpaired) electrons. The van der Waals surface area contributed by atoms with E-state index in [1.807, 2.05) is 91.0 Å². The summed E-state index contributed by atoms with van der Waals surface area (Å²) in [5, 5.41) is 0. The van der Waals surface area contributed by atoms with Crippen molar-refractivity contribution in [2.24, 2.45) is 0 Å². The molecule has 0 amide bonds. The molecule has 252 valence electrons. The summed E-state index contributed by atoms with van der Waals surface area (Å²) < 4.78 is 28.3. The zero-order chi connectivity index (χ0) is 34.4. The molecule has 0 aliphatic carbocycles. The smallest absolute Gasteiger partial charge is 0.350 e. The van der Waals surface area contributed by atoms with Crippen molar-refractivity contribution >= 4 is 23.7 Å². The summed E-state index contributed by atoms with van der Waals surface area (Å²) in [6.45, 7) is 1.28.